The van der Waals surface area contributed by atoms with Gasteiger partial charge in [0.05, 0.1) is 0 Å². The summed E-state index contributed by atoms with van der Waals surface area (Å²) in [5.41, 5.74) is 0. The number of piperidine rings is 1. The first-order valence-corrected chi connectivity index (χ1v) is 5.91. The van der Waals surface area contributed by atoms with Crippen LogP contribution in [0.25, 0.3) is 0 Å². The third-order valence-electron chi connectivity index (χ3n) is 3.40. The topological polar surface area (TPSA) is 15.3 Å². The molecular formula is C11H22N2. The molecule has 2 heteroatoms. The minimum atomic E-state index is 0.866. The molecule has 2 aliphatic rings. The molecule has 1 atom stereocenters. The van der Waals surface area contributed by atoms with Crippen molar-refractivity contribution in [1.82, 2.24) is 10.2 Å². The average molecular weight is 182 g/mol. The van der Waals surface area contributed by atoms with Crippen LogP contribution in [0, 0.1) is 0 Å². The van der Waals surface area contributed by atoms with Gasteiger partial charge in [-0.2, -0.15) is 0 Å². The molecule has 0 aliphatic carbocycles. The van der Waals surface area contributed by atoms with Gasteiger partial charge in [-0.1, -0.05) is 6.42 Å². The second-order valence-corrected chi connectivity index (χ2v) is 4.48. The van der Waals surface area contributed by atoms with Gasteiger partial charge in [0.2, 0.25) is 0 Å². The number of hydrogen-bond acceptors (Lipinski definition) is 2. The van der Waals surface area contributed by atoms with E-state index in [1.165, 1.54) is 64.7 Å². The Morgan fingerprint density at radius 1 is 1.15 bits per heavy atom. The highest BCUT2D eigenvalue weighted by Gasteiger charge is 2.16. The van der Waals surface area contributed by atoms with E-state index in [1.807, 2.05) is 0 Å². The first kappa shape index (κ1) is 9.47. The molecule has 0 aromatic heterocycles. The van der Waals surface area contributed by atoms with Gasteiger partial charge in [-0.05, 0) is 58.3 Å². The summed E-state index contributed by atoms with van der Waals surface area (Å²) in [6.45, 7) is 5.32. The maximum absolute atomic E-state index is 3.46. The molecule has 2 fully saturated rings. The van der Waals surface area contributed by atoms with Gasteiger partial charge in [-0.15, -0.1) is 0 Å². The Morgan fingerprint density at radius 2 is 1.92 bits per heavy atom. The molecule has 76 valence electrons. The molecule has 0 bridgehead atoms. The van der Waals surface area contributed by atoms with Crippen LogP contribution in [0.3, 0.4) is 0 Å². The van der Waals surface area contributed by atoms with E-state index < -0.39 is 0 Å². The lowest BCUT2D eigenvalue weighted by atomic mass is 10.0. The van der Waals surface area contributed by atoms with E-state index in [9.17, 15) is 0 Å². The highest BCUT2D eigenvalue weighted by Crippen LogP contribution is 2.12. The molecule has 0 aromatic rings. The summed E-state index contributed by atoms with van der Waals surface area (Å²) in [6, 6.07) is 0.866. The largest absolute Gasteiger partial charge is 0.314 e. The van der Waals surface area contributed by atoms with Crippen LogP contribution in [-0.2, 0) is 0 Å². The van der Waals surface area contributed by atoms with E-state index in [2.05, 4.69) is 10.2 Å². The second-order valence-electron chi connectivity index (χ2n) is 4.48. The lowest BCUT2D eigenvalue weighted by molar-refractivity contribution is 0.216. The van der Waals surface area contributed by atoms with Crippen molar-refractivity contribution in [2.75, 3.05) is 26.2 Å². The zero-order chi connectivity index (χ0) is 8.93. The fraction of sp³-hybridized carbons (Fsp3) is 1.00. The summed E-state index contributed by atoms with van der Waals surface area (Å²) in [5.74, 6) is 0. The number of likely N-dealkylation sites (tertiary alicyclic amines) is 1. The van der Waals surface area contributed by atoms with Crippen molar-refractivity contribution < 1.29 is 0 Å². The van der Waals surface area contributed by atoms with Crippen molar-refractivity contribution in [3.05, 3.63) is 0 Å². The van der Waals surface area contributed by atoms with Crippen molar-refractivity contribution in [3.8, 4) is 0 Å². The molecule has 0 radical (unpaired) electrons. The van der Waals surface area contributed by atoms with Crippen LogP contribution >= 0.6 is 0 Å². The standard InChI is InChI=1S/C11H22N2/c1-2-8-13(9-3-1)10-4-5-11-6-7-12-11/h11-12H,1-10H2. The predicted octanol–water partition coefficient (Wildman–Crippen LogP) is 1.61. The van der Waals surface area contributed by atoms with E-state index in [0.29, 0.717) is 0 Å². The molecule has 13 heavy (non-hydrogen) atoms. The Labute approximate surface area is 81.7 Å². The molecule has 2 rings (SSSR count). The van der Waals surface area contributed by atoms with E-state index in [-0.39, 0.29) is 0 Å². The highest BCUT2D eigenvalue weighted by atomic mass is 15.1. The van der Waals surface area contributed by atoms with Crippen LogP contribution < -0.4 is 5.32 Å². The Morgan fingerprint density at radius 3 is 2.54 bits per heavy atom. The third kappa shape index (κ3) is 2.96. The Balaban J connectivity index is 1.50. The van der Waals surface area contributed by atoms with Gasteiger partial charge in [-0.3, -0.25) is 0 Å². The van der Waals surface area contributed by atoms with Gasteiger partial charge in [0.15, 0.2) is 0 Å². The maximum atomic E-state index is 3.46. The minimum Gasteiger partial charge on any atom is -0.314 e. The van der Waals surface area contributed by atoms with Gasteiger partial charge in [0, 0.05) is 6.04 Å². The molecule has 2 nitrogen and oxygen atoms in total. The zero-order valence-electron chi connectivity index (χ0n) is 8.60. The molecule has 0 aromatic carbocycles. The molecule has 1 N–H and O–H groups in total. The van der Waals surface area contributed by atoms with Crippen molar-refractivity contribution in [2.45, 2.75) is 44.6 Å². The first-order chi connectivity index (χ1) is 6.45. The summed E-state index contributed by atoms with van der Waals surface area (Å²) < 4.78 is 0. The Hall–Kier alpha value is -0.0800. The molecular weight excluding hydrogens is 160 g/mol. The Bertz CT molecular complexity index is 137. The highest BCUT2D eigenvalue weighted by molar-refractivity contribution is 4.77. The van der Waals surface area contributed by atoms with Crippen LogP contribution in [0.2, 0.25) is 0 Å². The van der Waals surface area contributed by atoms with Crippen LogP contribution in [-0.4, -0.2) is 37.1 Å². The van der Waals surface area contributed by atoms with Gasteiger partial charge >= 0.3 is 0 Å². The van der Waals surface area contributed by atoms with Crippen LogP contribution in [0.5, 0.6) is 0 Å². The molecule has 2 heterocycles. The summed E-state index contributed by atoms with van der Waals surface area (Å²) in [7, 11) is 0. The number of nitrogens with zero attached hydrogens (tertiary/aromatic N) is 1. The van der Waals surface area contributed by atoms with E-state index in [0.717, 1.165) is 6.04 Å². The summed E-state index contributed by atoms with van der Waals surface area (Å²) in [4.78, 5) is 2.64. The Kier molecular flexibility index (Phi) is 3.62. The van der Waals surface area contributed by atoms with Gasteiger partial charge in [-0.25, -0.2) is 0 Å². The lowest BCUT2D eigenvalue weighted by Crippen LogP contribution is -2.43. The minimum absolute atomic E-state index is 0.866. The summed E-state index contributed by atoms with van der Waals surface area (Å²) >= 11 is 0. The first-order valence-electron chi connectivity index (χ1n) is 5.91. The van der Waals surface area contributed by atoms with Crippen LogP contribution in [0.4, 0.5) is 0 Å². The quantitative estimate of drug-likeness (QED) is 0.710. The molecule has 0 spiro atoms. The monoisotopic (exact) mass is 182 g/mol. The fourth-order valence-electron chi connectivity index (χ4n) is 2.34. The third-order valence-corrected chi connectivity index (χ3v) is 3.40. The normalized spacial score (nSPS) is 30.0. The van der Waals surface area contributed by atoms with Crippen LogP contribution in [0.1, 0.15) is 38.5 Å². The zero-order valence-corrected chi connectivity index (χ0v) is 8.60. The smallest absolute Gasteiger partial charge is 0.00796 e. The van der Waals surface area contributed by atoms with Gasteiger partial charge < -0.3 is 10.2 Å². The van der Waals surface area contributed by atoms with Crippen molar-refractivity contribution in [3.63, 3.8) is 0 Å². The molecule has 0 saturated carbocycles. The fourth-order valence-corrected chi connectivity index (χ4v) is 2.34. The van der Waals surface area contributed by atoms with Crippen molar-refractivity contribution in [2.24, 2.45) is 0 Å². The second kappa shape index (κ2) is 4.97. The summed E-state index contributed by atoms with van der Waals surface area (Å²) in [5, 5.41) is 3.46. The van der Waals surface area contributed by atoms with E-state index >= 15 is 0 Å². The van der Waals surface area contributed by atoms with E-state index in [1.54, 1.807) is 0 Å². The average Bonchev–Trinajstić information content (AvgIpc) is 2.11. The predicted molar refractivity (Wildman–Crippen MR) is 55.9 cm³/mol. The number of nitrogens with one attached hydrogen (secondary N) is 1. The molecule has 0 amide bonds. The lowest BCUT2D eigenvalue weighted by Gasteiger charge is -2.30. The maximum Gasteiger partial charge on any atom is 0.00796 e. The van der Waals surface area contributed by atoms with Crippen molar-refractivity contribution >= 4 is 0 Å². The number of hydrogen-bond donors (Lipinski definition) is 1. The molecule has 2 aliphatic heterocycles. The van der Waals surface area contributed by atoms with Crippen LogP contribution in [0.15, 0.2) is 0 Å². The van der Waals surface area contributed by atoms with Gasteiger partial charge in [0.1, 0.15) is 0 Å². The SMILES string of the molecule is C1CCN(CCCC2CCN2)CC1. The van der Waals surface area contributed by atoms with E-state index in [4.69, 9.17) is 0 Å². The van der Waals surface area contributed by atoms with Crippen molar-refractivity contribution in [1.29, 1.82) is 0 Å². The van der Waals surface area contributed by atoms with Gasteiger partial charge in [0.25, 0.3) is 0 Å². The summed E-state index contributed by atoms with van der Waals surface area (Å²) in [6.07, 6.45) is 8.54. The number of rotatable bonds is 4. The molecule has 1 unspecified atom stereocenters. The molecule has 2 saturated heterocycles.